The summed E-state index contributed by atoms with van der Waals surface area (Å²) < 4.78 is 10.8. The maximum absolute atomic E-state index is 12.2. The van der Waals surface area contributed by atoms with E-state index in [1.807, 2.05) is 42.5 Å². The summed E-state index contributed by atoms with van der Waals surface area (Å²) in [5.41, 5.74) is 1.54. The lowest BCUT2D eigenvalue weighted by molar-refractivity contribution is -0.118. The number of carbonyl (C=O) groups is 1. The van der Waals surface area contributed by atoms with Crippen LogP contribution in [0.1, 0.15) is 0 Å². The van der Waals surface area contributed by atoms with E-state index < -0.39 is 0 Å². The summed E-state index contributed by atoms with van der Waals surface area (Å²) in [4.78, 5) is 24.7. The highest BCUT2D eigenvalue weighted by Crippen LogP contribution is 2.25. The molecule has 2 aromatic heterocycles. The number of ether oxygens (including phenoxy) is 2. The largest absolute Gasteiger partial charge is 0.497 e. The van der Waals surface area contributed by atoms with E-state index in [1.165, 1.54) is 0 Å². The molecular weight excluding hydrogens is 368 g/mol. The van der Waals surface area contributed by atoms with Crippen molar-refractivity contribution in [2.75, 3.05) is 19.0 Å². The Bertz CT molecular complexity index is 1130. The molecule has 1 amide bonds. The first-order chi connectivity index (χ1) is 14.2. The zero-order valence-electron chi connectivity index (χ0n) is 15.7. The maximum Gasteiger partial charge on any atom is 0.263 e. The Balaban J connectivity index is 1.35. The van der Waals surface area contributed by atoms with Gasteiger partial charge in [-0.2, -0.15) is 0 Å². The number of aromatic nitrogens is 3. The van der Waals surface area contributed by atoms with E-state index in [0.29, 0.717) is 11.6 Å². The third kappa shape index (κ3) is 4.47. The molecule has 2 heterocycles. The van der Waals surface area contributed by atoms with Crippen LogP contribution in [-0.4, -0.2) is 34.6 Å². The van der Waals surface area contributed by atoms with Crippen LogP contribution in [0, 0.1) is 0 Å². The number of benzene rings is 2. The Morgan fingerprint density at radius 1 is 0.931 bits per heavy atom. The SMILES string of the molecule is COc1ccc2cc(OCC(=O)Nc3ccc(-c4cnccn4)cn3)ccc2c1. The molecule has 0 bridgehead atoms. The highest BCUT2D eigenvalue weighted by Gasteiger charge is 2.07. The van der Waals surface area contributed by atoms with Crippen molar-refractivity contribution in [3.05, 3.63) is 73.3 Å². The van der Waals surface area contributed by atoms with Gasteiger partial charge in [-0.15, -0.1) is 0 Å². The van der Waals surface area contributed by atoms with Gasteiger partial charge in [0.1, 0.15) is 17.3 Å². The average molecular weight is 386 g/mol. The number of fused-ring (bicyclic) bond motifs is 1. The van der Waals surface area contributed by atoms with E-state index in [-0.39, 0.29) is 12.5 Å². The first kappa shape index (κ1) is 18.4. The zero-order valence-corrected chi connectivity index (χ0v) is 15.7. The van der Waals surface area contributed by atoms with Gasteiger partial charge in [-0.05, 0) is 47.2 Å². The summed E-state index contributed by atoms with van der Waals surface area (Å²) in [6, 6.07) is 15.0. The highest BCUT2D eigenvalue weighted by molar-refractivity contribution is 5.91. The fraction of sp³-hybridized carbons (Fsp3) is 0.0909. The van der Waals surface area contributed by atoms with Gasteiger partial charge in [0.25, 0.3) is 5.91 Å². The highest BCUT2D eigenvalue weighted by atomic mass is 16.5. The van der Waals surface area contributed by atoms with Gasteiger partial charge in [0.05, 0.1) is 19.0 Å². The van der Waals surface area contributed by atoms with Gasteiger partial charge in [-0.1, -0.05) is 12.1 Å². The standard InChI is InChI=1S/C22H18N4O3/c1-28-18-5-2-16-11-19(6-3-15(16)10-18)29-14-22(27)26-21-7-4-17(12-25-21)20-13-23-8-9-24-20/h2-13H,14H2,1H3,(H,25,26,27). The van der Waals surface area contributed by atoms with Gasteiger partial charge in [-0.25, -0.2) is 4.98 Å². The van der Waals surface area contributed by atoms with Crippen LogP contribution in [-0.2, 0) is 4.79 Å². The second-order valence-electron chi connectivity index (χ2n) is 6.23. The number of carbonyl (C=O) groups excluding carboxylic acids is 1. The van der Waals surface area contributed by atoms with Crippen LogP contribution < -0.4 is 14.8 Å². The number of amides is 1. The van der Waals surface area contributed by atoms with Crippen LogP contribution in [0.3, 0.4) is 0 Å². The first-order valence-electron chi connectivity index (χ1n) is 8.94. The van der Waals surface area contributed by atoms with Crippen molar-refractivity contribution in [1.29, 1.82) is 0 Å². The number of pyridine rings is 1. The van der Waals surface area contributed by atoms with Crippen LogP contribution in [0.4, 0.5) is 5.82 Å². The summed E-state index contributed by atoms with van der Waals surface area (Å²) in [5.74, 6) is 1.56. The molecule has 0 spiro atoms. The molecule has 4 aromatic rings. The Morgan fingerprint density at radius 2 is 1.72 bits per heavy atom. The minimum absolute atomic E-state index is 0.116. The van der Waals surface area contributed by atoms with Crippen molar-refractivity contribution >= 4 is 22.5 Å². The lowest BCUT2D eigenvalue weighted by atomic mass is 10.1. The number of methoxy groups -OCH3 is 1. The monoisotopic (exact) mass is 386 g/mol. The number of nitrogens with one attached hydrogen (secondary N) is 1. The van der Waals surface area contributed by atoms with E-state index in [9.17, 15) is 4.79 Å². The lowest BCUT2D eigenvalue weighted by Gasteiger charge is -2.09. The number of hydrogen-bond acceptors (Lipinski definition) is 6. The molecule has 4 rings (SSSR count). The van der Waals surface area contributed by atoms with Crippen molar-refractivity contribution < 1.29 is 14.3 Å². The third-order valence-electron chi connectivity index (χ3n) is 4.28. The topological polar surface area (TPSA) is 86.2 Å². The Morgan fingerprint density at radius 3 is 2.41 bits per heavy atom. The smallest absolute Gasteiger partial charge is 0.263 e. The summed E-state index contributed by atoms with van der Waals surface area (Å²) in [6.07, 6.45) is 6.52. The second kappa shape index (κ2) is 8.35. The van der Waals surface area contributed by atoms with E-state index >= 15 is 0 Å². The number of hydrogen-bond donors (Lipinski definition) is 1. The molecule has 1 N–H and O–H groups in total. The van der Waals surface area contributed by atoms with Crippen LogP contribution >= 0.6 is 0 Å². The summed E-state index contributed by atoms with van der Waals surface area (Å²) in [7, 11) is 1.63. The normalized spacial score (nSPS) is 10.5. The number of nitrogens with zero attached hydrogens (tertiary/aromatic N) is 3. The molecule has 0 saturated heterocycles. The molecule has 144 valence electrons. The fourth-order valence-electron chi connectivity index (χ4n) is 2.81. The summed E-state index contributed by atoms with van der Waals surface area (Å²) in [6.45, 7) is -0.116. The van der Waals surface area contributed by atoms with Gasteiger partial charge in [0.2, 0.25) is 0 Å². The van der Waals surface area contributed by atoms with Gasteiger partial charge in [-0.3, -0.25) is 14.8 Å². The molecule has 0 aliphatic carbocycles. The minimum atomic E-state index is -0.292. The van der Waals surface area contributed by atoms with Crippen molar-refractivity contribution in [2.24, 2.45) is 0 Å². The molecule has 0 unspecified atom stereocenters. The Hall–Kier alpha value is -4.00. The maximum atomic E-state index is 12.2. The van der Waals surface area contributed by atoms with Gasteiger partial charge < -0.3 is 14.8 Å². The van der Waals surface area contributed by atoms with Gasteiger partial charge in [0, 0.05) is 24.2 Å². The third-order valence-corrected chi connectivity index (χ3v) is 4.28. The Labute approximate surface area is 167 Å². The molecule has 0 atom stereocenters. The molecule has 7 nitrogen and oxygen atoms in total. The van der Waals surface area contributed by atoms with Crippen molar-refractivity contribution in [2.45, 2.75) is 0 Å². The lowest BCUT2D eigenvalue weighted by Crippen LogP contribution is -2.20. The zero-order chi connectivity index (χ0) is 20.1. The molecule has 0 saturated carbocycles. The molecular formula is C22H18N4O3. The van der Waals surface area contributed by atoms with Gasteiger partial charge in [0.15, 0.2) is 6.61 Å². The van der Waals surface area contributed by atoms with Gasteiger partial charge >= 0.3 is 0 Å². The van der Waals surface area contributed by atoms with E-state index in [4.69, 9.17) is 9.47 Å². The predicted molar refractivity (Wildman–Crippen MR) is 110 cm³/mol. The minimum Gasteiger partial charge on any atom is -0.497 e. The molecule has 29 heavy (non-hydrogen) atoms. The van der Waals surface area contributed by atoms with Crippen molar-refractivity contribution in [3.8, 4) is 22.8 Å². The first-order valence-corrected chi connectivity index (χ1v) is 8.94. The molecule has 7 heteroatoms. The van der Waals surface area contributed by atoms with Crippen LogP contribution in [0.25, 0.3) is 22.0 Å². The van der Waals surface area contributed by atoms with E-state index in [0.717, 1.165) is 27.8 Å². The average Bonchev–Trinajstić information content (AvgIpc) is 2.78. The molecule has 0 fully saturated rings. The predicted octanol–water partition coefficient (Wildman–Crippen LogP) is 3.72. The second-order valence-corrected chi connectivity index (χ2v) is 6.23. The molecule has 2 aromatic carbocycles. The summed E-state index contributed by atoms with van der Waals surface area (Å²) in [5, 5.41) is 4.76. The van der Waals surface area contributed by atoms with E-state index in [2.05, 4.69) is 20.3 Å². The van der Waals surface area contributed by atoms with E-state index in [1.54, 1.807) is 38.0 Å². The molecule has 0 radical (unpaired) electrons. The molecule has 0 aliphatic rings. The van der Waals surface area contributed by atoms with Crippen molar-refractivity contribution in [1.82, 2.24) is 15.0 Å². The van der Waals surface area contributed by atoms with Crippen LogP contribution in [0.5, 0.6) is 11.5 Å². The molecule has 0 aliphatic heterocycles. The van der Waals surface area contributed by atoms with Crippen LogP contribution in [0.2, 0.25) is 0 Å². The Kier molecular flexibility index (Phi) is 5.29. The van der Waals surface area contributed by atoms with Crippen molar-refractivity contribution in [3.63, 3.8) is 0 Å². The van der Waals surface area contributed by atoms with Crippen LogP contribution in [0.15, 0.2) is 73.3 Å². The fourth-order valence-corrected chi connectivity index (χ4v) is 2.81. The number of rotatable bonds is 6. The summed E-state index contributed by atoms with van der Waals surface area (Å²) >= 11 is 0. The number of anilines is 1. The quantitative estimate of drug-likeness (QED) is 0.544.